The van der Waals surface area contributed by atoms with Crippen LogP contribution in [-0.2, 0) is 16.0 Å². The van der Waals surface area contributed by atoms with E-state index >= 15 is 0 Å². The molecule has 25 heavy (non-hydrogen) atoms. The van der Waals surface area contributed by atoms with E-state index in [1.807, 2.05) is 35.7 Å². The van der Waals surface area contributed by atoms with Gasteiger partial charge in [-0.25, -0.2) is 4.99 Å². The summed E-state index contributed by atoms with van der Waals surface area (Å²) in [6, 6.07) is 5.82. The Kier molecular flexibility index (Phi) is 11.1. The molecule has 9 heteroatoms. The fourth-order valence-corrected chi connectivity index (χ4v) is 2.12. The number of aliphatic imine (C=N–C) groups is 1. The molecule has 8 nitrogen and oxygen atoms in total. The van der Waals surface area contributed by atoms with Crippen LogP contribution in [0.25, 0.3) is 5.65 Å². The van der Waals surface area contributed by atoms with Crippen molar-refractivity contribution in [2.24, 2.45) is 4.99 Å². The molecule has 0 amide bonds. The topological polar surface area (TPSA) is 85.1 Å². The summed E-state index contributed by atoms with van der Waals surface area (Å²) in [7, 11) is 1.67. The van der Waals surface area contributed by atoms with Crippen molar-refractivity contribution in [1.82, 2.24) is 25.2 Å². The lowest BCUT2D eigenvalue weighted by Crippen LogP contribution is -2.38. The van der Waals surface area contributed by atoms with E-state index in [1.54, 1.807) is 7.11 Å². The summed E-state index contributed by atoms with van der Waals surface area (Å²) >= 11 is 0. The van der Waals surface area contributed by atoms with Gasteiger partial charge in [0.1, 0.15) is 6.54 Å². The van der Waals surface area contributed by atoms with Gasteiger partial charge in [-0.15, -0.1) is 34.2 Å². The molecule has 0 unspecified atom stereocenters. The molecule has 0 fully saturated rings. The Labute approximate surface area is 165 Å². The zero-order valence-corrected chi connectivity index (χ0v) is 17.1. The number of ether oxygens (including phenoxy) is 2. The maximum atomic E-state index is 5.44. The summed E-state index contributed by atoms with van der Waals surface area (Å²) in [5.41, 5.74) is 0.828. The van der Waals surface area contributed by atoms with Crippen molar-refractivity contribution in [2.45, 2.75) is 19.9 Å². The Balaban J connectivity index is 0.00000312. The first-order valence-electron chi connectivity index (χ1n) is 8.22. The number of pyridine rings is 1. The molecule has 2 aromatic heterocycles. The fourth-order valence-electron chi connectivity index (χ4n) is 2.12. The molecule has 0 aliphatic carbocycles. The molecular weight excluding hydrogens is 435 g/mol. The molecule has 0 atom stereocenters. The summed E-state index contributed by atoms with van der Waals surface area (Å²) in [4.78, 5) is 4.56. The molecule has 0 bridgehead atoms. The highest BCUT2D eigenvalue weighted by molar-refractivity contribution is 14.0. The van der Waals surface area contributed by atoms with E-state index in [2.05, 4.69) is 25.8 Å². The zero-order valence-electron chi connectivity index (χ0n) is 14.8. The van der Waals surface area contributed by atoms with E-state index < -0.39 is 0 Å². The number of methoxy groups -OCH3 is 1. The molecule has 2 N–H and O–H groups in total. The lowest BCUT2D eigenvalue weighted by molar-refractivity contribution is 0.0698. The molecule has 0 aromatic carbocycles. The van der Waals surface area contributed by atoms with Crippen molar-refractivity contribution in [2.75, 3.05) is 40.0 Å². The van der Waals surface area contributed by atoms with Crippen LogP contribution < -0.4 is 10.6 Å². The lowest BCUT2D eigenvalue weighted by atomic mass is 10.4. The first-order chi connectivity index (χ1) is 11.8. The molecule has 2 aromatic rings. The Morgan fingerprint density at radius 2 is 2.08 bits per heavy atom. The van der Waals surface area contributed by atoms with Gasteiger partial charge in [-0.2, -0.15) is 0 Å². The molecule has 140 valence electrons. The largest absolute Gasteiger partial charge is 0.382 e. The van der Waals surface area contributed by atoms with Crippen LogP contribution in [0.15, 0.2) is 29.4 Å². The van der Waals surface area contributed by atoms with E-state index in [4.69, 9.17) is 9.47 Å². The highest BCUT2D eigenvalue weighted by Gasteiger charge is 2.04. The normalized spacial score (nSPS) is 11.4. The number of fused-ring (bicyclic) bond motifs is 1. The Morgan fingerprint density at radius 1 is 1.20 bits per heavy atom. The van der Waals surface area contributed by atoms with Crippen LogP contribution in [0.4, 0.5) is 0 Å². The van der Waals surface area contributed by atoms with Gasteiger partial charge in [-0.05, 0) is 25.5 Å². The Hall–Kier alpha value is -1.46. The number of guanidine groups is 1. The summed E-state index contributed by atoms with van der Waals surface area (Å²) < 4.78 is 12.3. The van der Waals surface area contributed by atoms with Crippen LogP contribution in [0.5, 0.6) is 0 Å². The molecule has 2 rings (SSSR count). The molecule has 0 radical (unpaired) electrons. The minimum Gasteiger partial charge on any atom is -0.382 e. The van der Waals surface area contributed by atoms with E-state index in [9.17, 15) is 0 Å². The summed E-state index contributed by atoms with van der Waals surface area (Å²) in [5.74, 6) is 1.58. The van der Waals surface area contributed by atoms with Crippen LogP contribution in [-0.4, -0.2) is 60.6 Å². The van der Waals surface area contributed by atoms with Gasteiger partial charge in [-0.1, -0.05) is 6.07 Å². The predicted octanol–water partition coefficient (Wildman–Crippen LogP) is 1.46. The smallest absolute Gasteiger partial charge is 0.191 e. The second-order valence-corrected chi connectivity index (χ2v) is 5.13. The van der Waals surface area contributed by atoms with Crippen LogP contribution in [0.2, 0.25) is 0 Å². The Bertz CT molecular complexity index is 634. The second kappa shape index (κ2) is 12.8. The third-order valence-electron chi connectivity index (χ3n) is 3.30. The number of hydrogen-bond acceptors (Lipinski definition) is 5. The Morgan fingerprint density at radius 3 is 2.88 bits per heavy atom. The van der Waals surface area contributed by atoms with Gasteiger partial charge in [0.05, 0.1) is 13.2 Å². The molecule has 0 spiro atoms. The first kappa shape index (κ1) is 21.6. The fraction of sp³-hybridized carbons (Fsp3) is 0.562. The average molecular weight is 462 g/mol. The maximum Gasteiger partial charge on any atom is 0.191 e. The van der Waals surface area contributed by atoms with Crippen molar-refractivity contribution in [3.63, 3.8) is 0 Å². The first-order valence-corrected chi connectivity index (χ1v) is 8.22. The van der Waals surface area contributed by atoms with E-state index in [0.717, 1.165) is 36.9 Å². The third-order valence-corrected chi connectivity index (χ3v) is 3.30. The molecular formula is C16H27IN6O2. The van der Waals surface area contributed by atoms with Gasteiger partial charge >= 0.3 is 0 Å². The highest BCUT2D eigenvalue weighted by atomic mass is 127. The number of nitrogens with zero attached hydrogens (tertiary/aromatic N) is 4. The average Bonchev–Trinajstić information content (AvgIpc) is 3.02. The van der Waals surface area contributed by atoms with Gasteiger partial charge in [0.2, 0.25) is 0 Å². The van der Waals surface area contributed by atoms with Crippen LogP contribution in [0.1, 0.15) is 19.2 Å². The van der Waals surface area contributed by atoms with E-state index in [-0.39, 0.29) is 24.0 Å². The van der Waals surface area contributed by atoms with Crippen molar-refractivity contribution < 1.29 is 9.47 Å². The van der Waals surface area contributed by atoms with Crippen molar-refractivity contribution in [3.05, 3.63) is 30.2 Å². The third kappa shape index (κ3) is 7.53. The standard InChI is InChI=1S/C16H26N6O2.HI/c1-3-17-16(18-8-6-10-24-12-11-23-2)19-13-15-21-20-14-7-4-5-9-22(14)15;/h4-5,7,9H,3,6,8,10-13H2,1-2H3,(H2,17,18,19);1H. The summed E-state index contributed by atoms with van der Waals surface area (Å²) in [5, 5.41) is 14.8. The van der Waals surface area contributed by atoms with Crippen LogP contribution >= 0.6 is 24.0 Å². The van der Waals surface area contributed by atoms with Gasteiger partial charge in [0, 0.05) is 33.0 Å². The lowest BCUT2D eigenvalue weighted by Gasteiger charge is -2.11. The van der Waals surface area contributed by atoms with Crippen molar-refractivity contribution >= 4 is 35.6 Å². The van der Waals surface area contributed by atoms with Crippen LogP contribution in [0.3, 0.4) is 0 Å². The molecule has 0 saturated heterocycles. The number of rotatable bonds is 10. The molecule has 0 aliphatic heterocycles. The monoisotopic (exact) mass is 462 g/mol. The number of aromatic nitrogens is 3. The minimum atomic E-state index is 0. The quantitative estimate of drug-likeness (QED) is 0.241. The summed E-state index contributed by atoms with van der Waals surface area (Å²) in [6.07, 6.45) is 2.85. The maximum absolute atomic E-state index is 5.44. The minimum absolute atomic E-state index is 0. The second-order valence-electron chi connectivity index (χ2n) is 5.13. The van der Waals surface area contributed by atoms with E-state index in [0.29, 0.717) is 26.4 Å². The van der Waals surface area contributed by atoms with Gasteiger partial charge in [0.25, 0.3) is 0 Å². The number of nitrogens with one attached hydrogen (secondary N) is 2. The van der Waals surface area contributed by atoms with Gasteiger partial charge < -0.3 is 20.1 Å². The zero-order chi connectivity index (χ0) is 17.0. The van der Waals surface area contributed by atoms with E-state index in [1.165, 1.54) is 0 Å². The SMILES string of the molecule is CCNC(=NCc1nnc2ccccn12)NCCCOCCOC.I. The van der Waals surface area contributed by atoms with Crippen molar-refractivity contribution in [1.29, 1.82) is 0 Å². The molecule has 2 heterocycles. The highest BCUT2D eigenvalue weighted by Crippen LogP contribution is 2.03. The van der Waals surface area contributed by atoms with Crippen LogP contribution in [0, 0.1) is 0 Å². The van der Waals surface area contributed by atoms with Gasteiger partial charge in [0.15, 0.2) is 17.4 Å². The molecule has 0 saturated carbocycles. The predicted molar refractivity (Wildman–Crippen MR) is 109 cm³/mol. The van der Waals surface area contributed by atoms with Crippen molar-refractivity contribution in [3.8, 4) is 0 Å². The summed E-state index contributed by atoms with van der Waals surface area (Å²) in [6.45, 7) is 6.05. The molecule has 0 aliphatic rings. The number of halogens is 1. The van der Waals surface area contributed by atoms with Gasteiger partial charge in [-0.3, -0.25) is 4.40 Å². The number of hydrogen-bond donors (Lipinski definition) is 2.